The van der Waals surface area contributed by atoms with Gasteiger partial charge in [-0.05, 0) is 28.7 Å². The summed E-state index contributed by atoms with van der Waals surface area (Å²) in [4.78, 5) is 25.6. The van der Waals surface area contributed by atoms with Crippen LogP contribution in [0.15, 0.2) is 6.33 Å². The van der Waals surface area contributed by atoms with Gasteiger partial charge in [0.05, 0.1) is 6.54 Å². The Bertz CT molecular complexity index is 604. The number of hydrogen-bond donors (Lipinski definition) is 2. The highest BCUT2D eigenvalue weighted by atomic mass is 16.4. The number of aliphatic hydroxyl groups is 1. The lowest BCUT2D eigenvalue weighted by atomic mass is 9.71. The van der Waals surface area contributed by atoms with E-state index in [1.807, 2.05) is 0 Å². The number of carboxylic acid groups (broad SMARTS) is 1. The van der Waals surface area contributed by atoms with Gasteiger partial charge < -0.3 is 15.1 Å². The van der Waals surface area contributed by atoms with Gasteiger partial charge in [-0.25, -0.2) is 9.48 Å². The number of aliphatic carboxylic acids is 1. The summed E-state index contributed by atoms with van der Waals surface area (Å²) in [7, 11) is 0. The Labute approximate surface area is 146 Å². The summed E-state index contributed by atoms with van der Waals surface area (Å²) in [6.45, 7) is 1.18. The molecule has 0 spiro atoms. The van der Waals surface area contributed by atoms with Crippen LogP contribution in [0.3, 0.4) is 0 Å². The standard InChI is InChI=1S/C16H25N5O4/c22-13(20-8-6-16(25,7-9-20)14(23)24)10-15(4-2-1-3-5-15)11-21-12-17-18-19-21/h12,25H,1-11H2,(H,23,24). The quantitative estimate of drug-likeness (QED) is 0.790. The first-order valence-corrected chi connectivity index (χ1v) is 8.87. The van der Waals surface area contributed by atoms with Gasteiger partial charge in [0.25, 0.3) is 0 Å². The summed E-state index contributed by atoms with van der Waals surface area (Å²) in [5.41, 5.74) is -1.85. The predicted octanol–water partition coefficient (Wildman–Crippen LogP) is 0.452. The minimum absolute atomic E-state index is 0.0300. The fourth-order valence-corrected chi connectivity index (χ4v) is 4.06. The predicted molar refractivity (Wildman–Crippen MR) is 86.4 cm³/mol. The second kappa shape index (κ2) is 7.07. The van der Waals surface area contributed by atoms with Crippen LogP contribution in [0.4, 0.5) is 0 Å². The Hall–Kier alpha value is -2.03. The van der Waals surface area contributed by atoms with Crippen LogP contribution in [0.1, 0.15) is 51.4 Å². The lowest BCUT2D eigenvalue weighted by molar-refractivity contribution is -0.165. The molecule has 0 atom stereocenters. The molecule has 2 heterocycles. The van der Waals surface area contributed by atoms with Gasteiger partial charge in [0.1, 0.15) is 6.33 Å². The van der Waals surface area contributed by atoms with Crippen molar-refractivity contribution in [1.29, 1.82) is 0 Å². The van der Waals surface area contributed by atoms with E-state index in [0.717, 1.165) is 25.7 Å². The van der Waals surface area contributed by atoms with Crippen LogP contribution in [0.25, 0.3) is 0 Å². The molecule has 138 valence electrons. The van der Waals surface area contributed by atoms with Crippen LogP contribution >= 0.6 is 0 Å². The van der Waals surface area contributed by atoms with Crippen LogP contribution in [-0.4, -0.2) is 65.9 Å². The number of nitrogens with zero attached hydrogens (tertiary/aromatic N) is 5. The molecule has 1 amide bonds. The van der Waals surface area contributed by atoms with E-state index in [9.17, 15) is 14.7 Å². The third kappa shape index (κ3) is 3.97. The molecule has 1 aliphatic carbocycles. The molecule has 3 rings (SSSR count). The van der Waals surface area contributed by atoms with Gasteiger partial charge in [0, 0.05) is 32.4 Å². The van der Waals surface area contributed by atoms with Crippen LogP contribution in [-0.2, 0) is 16.1 Å². The SMILES string of the molecule is O=C(CC1(Cn2cnnn2)CCCCC1)N1CCC(O)(C(=O)O)CC1. The maximum atomic E-state index is 12.8. The first-order chi connectivity index (χ1) is 11.9. The largest absolute Gasteiger partial charge is 0.479 e. The molecule has 0 radical (unpaired) electrons. The number of aromatic nitrogens is 4. The first-order valence-electron chi connectivity index (χ1n) is 8.87. The van der Waals surface area contributed by atoms with E-state index in [-0.39, 0.29) is 37.3 Å². The van der Waals surface area contributed by atoms with E-state index in [1.165, 1.54) is 6.42 Å². The highest BCUT2D eigenvalue weighted by Gasteiger charge is 2.42. The van der Waals surface area contributed by atoms with Crippen molar-refractivity contribution in [1.82, 2.24) is 25.1 Å². The van der Waals surface area contributed by atoms with Crippen molar-refractivity contribution >= 4 is 11.9 Å². The van der Waals surface area contributed by atoms with Gasteiger partial charge in [-0.2, -0.15) is 0 Å². The van der Waals surface area contributed by atoms with E-state index >= 15 is 0 Å². The Morgan fingerprint density at radius 1 is 1.08 bits per heavy atom. The Morgan fingerprint density at radius 2 is 1.76 bits per heavy atom. The number of carboxylic acids is 1. The monoisotopic (exact) mass is 351 g/mol. The van der Waals surface area contributed by atoms with Gasteiger partial charge in [0.2, 0.25) is 5.91 Å². The fourth-order valence-electron chi connectivity index (χ4n) is 4.06. The van der Waals surface area contributed by atoms with Crippen molar-refractivity contribution in [3.63, 3.8) is 0 Å². The molecule has 2 aliphatic rings. The van der Waals surface area contributed by atoms with Crippen molar-refractivity contribution in [2.75, 3.05) is 13.1 Å². The molecule has 1 aliphatic heterocycles. The molecular formula is C16H25N5O4. The summed E-state index contributed by atoms with van der Waals surface area (Å²) < 4.78 is 1.69. The summed E-state index contributed by atoms with van der Waals surface area (Å²) in [6.07, 6.45) is 7.44. The van der Waals surface area contributed by atoms with Crippen molar-refractivity contribution < 1.29 is 19.8 Å². The van der Waals surface area contributed by atoms with Crippen molar-refractivity contribution in [3.05, 3.63) is 6.33 Å². The second-order valence-corrected chi connectivity index (χ2v) is 7.46. The number of carbonyl (C=O) groups is 2. The van der Waals surface area contributed by atoms with Gasteiger partial charge >= 0.3 is 5.97 Å². The minimum atomic E-state index is -1.70. The molecular weight excluding hydrogens is 326 g/mol. The summed E-state index contributed by atoms with van der Waals surface area (Å²) in [6, 6.07) is 0. The molecule has 1 aromatic heterocycles. The van der Waals surface area contributed by atoms with E-state index in [0.29, 0.717) is 13.0 Å². The summed E-state index contributed by atoms with van der Waals surface area (Å²) in [5, 5.41) is 30.4. The maximum absolute atomic E-state index is 12.8. The number of hydrogen-bond acceptors (Lipinski definition) is 6. The van der Waals surface area contributed by atoms with E-state index < -0.39 is 11.6 Å². The van der Waals surface area contributed by atoms with Crippen molar-refractivity contribution in [3.8, 4) is 0 Å². The number of carbonyl (C=O) groups excluding carboxylic acids is 1. The molecule has 2 fully saturated rings. The maximum Gasteiger partial charge on any atom is 0.335 e. The minimum Gasteiger partial charge on any atom is -0.479 e. The third-order valence-corrected chi connectivity index (χ3v) is 5.67. The molecule has 0 bridgehead atoms. The van der Waals surface area contributed by atoms with Crippen molar-refractivity contribution in [2.45, 2.75) is 63.5 Å². The van der Waals surface area contributed by atoms with E-state index in [4.69, 9.17) is 5.11 Å². The number of tetrazole rings is 1. The van der Waals surface area contributed by atoms with Gasteiger partial charge in [-0.3, -0.25) is 4.79 Å². The number of likely N-dealkylation sites (tertiary alicyclic amines) is 1. The Balaban J connectivity index is 1.64. The topological polar surface area (TPSA) is 121 Å². The highest BCUT2D eigenvalue weighted by Crippen LogP contribution is 2.41. The highest BCUT2D eigenvalue weighted by molar-refractivity contribution is 5.79. The van der Waals surface area contributed by atoms with Crippen LogP contribution in [0.2, 0.25) is 0 Å². The fraction of sp³-hybridized carbons (Fsp3) is 0.812. The smallest absolute Gasteiger partial charge is 0.335 e. The van der Waals surface area contributed by atoms with E-state index in [1.54, 1.807) is 15.9 Å². The molecule has 0 unspecified atom stereocenters. The zero-order valence-corrected chi connectivity index (χ0v) is 14.3. The van der Waals surface area contributed by atoms with Crippen LogP contribution < -0.4 is 0 Å². The molecule has 25 heavy (non-hydrogen) atoms. The molecule has 2 N–H and O–H groups in total. The third-order valence-electron chi connectivity index (χ3n) is 5.67. The van der Waals surface area contributed by atoms with Gasteiger partial charge in [-0.15, -0.1) is 5.10 Å². The van der Waals surface area contributed by atoms with Crippen LogP contribution in [0.5, 0.6) is 0 Å². The van der Waals surface area contributed by atoms with Crippen molar-refractivity contribution in [2.24, 2.45) is 5.41 Å². The zero-order valence-electron chi connectivity index (χ0n) is 14.3. The lowest BCUT2D eigenvalue weighted by Crippen LogP contribution is -2.51. The lowest BCUT2D eigenvalue weighted by Gasteiger charge is -2.40. The normalized spacial score (nSPS) is 22.5. The van der Waals surface area contributed by atoms with Crippen LogP contribution in [0, 0.1) is 5.41 Å². The average molecular weight is 351 g/mol. The average Bonchev–Trinajstić information content (AvgIpc) is 3.08. The number of amides is 1. The number of piperidine rings is 1. The summed E-state index contributed by atoms with van der Waals surface area (Å²) >= 11 is 0. The molecule has 0 aromatic carbocycles. The number of rotatable bonds is 5. The molecule has 1 aromatic rings. The molecule has 1 saturated heterocycles. The Kier molecular flexibility index (Phi) is 5.03. The molecule has 9 nitrogen and oxygen atoms in total. The Morgan fingerprint density at radius 3 is 2.32 bits per heavy atom. The zero-order chi connectivity index (χ0) is 17.9. The van der Waals surface area contributed by atoms with Gasteiger partial charge in [0.15, 0.2) is 5.60 Å². The molecule has 1 saturated carbocycles. The first kappa shape index (κ1) is 17.8. The van der Waals surface area contributed by atoms with E-state index in [2.05, 4.69) is 15.5 Å². The van der Waals surface area contributed by atoms with Gasteiger partial charge in [-0.1, -0.05) is 19.3 Å². The second-order valence-electron chi connectivity index (χ2n) is 7.46. The molecule has 9 heteroatoms. The summed E-state index contributed by atoms with van der Waals surface area (Å²) in [5.74, 6) is -1.18.